The second-order valence-electron chi connectivity index (χ2n) is 13.1. The number of nitrogens with one attached hydrogen (secondary N) is 3. The second-order valence-corrected chi connectivity index (χ2v) is 14.9. The first-order valence-corrected chi connectivity index (χ1v) is 18.6. The van der Waals surface area contributed by atoms with E-state index in [1.165, 1.54) is 11.3 Å². The number of thiazole rings is 1. The second kappa shape index (κ2) is 15.9. The Morgan fingerprint density at radius 2 is 1.89 bits per heavy atom. The summed E-state index contributed by atoms with van der Waals surface area (Å²) in [6.07, 6.45) is 3.48. The van der Waals surface area contributed by atoms with Crippen molar-refractivity contribution in [3.63, 3.8) is 0 Å². The number of nitrogens with zero attached hydrogens (tertiary/aromatic N) is 4. The molecular formula is C37H35Cl2F2N7O4S. The third kappa shape index (κ3) is 8.21. The molecule has 1 amide bonds. The molecule has 2 aliphatic rings. The van der Waals surface area contributed by atoms with Gasteiger partial charge in [0, 0.05) is 60.5 Å². The van der Waals surface area contributed by atoms with Gasteiger partial charge in [-0.25, -0.2) is 15.0 Å². The van der Waals surface area contributed by atoms with Crippen LogP contribution in [0.15, 0.2) is 54.7 Å². The summed E-state index contributed by atoms with van der Waals surface area (Å²) >= 11 is 15.6. The van der Waals surface area contributed by atoms with Crippen LogP contribution in [-0.4, -0.2) is 69.1 Å². The molecule has 276 valence electrons. The van der Waals surface area contributed by atoms with Crippen molar-refractivity contribution in [2.24, 2.45) is 5.92 Å². The van der Waals surface area contributed by atoms with Crippen LogP contribution in [-0.2, 0) is 22.7 Å². The third-order valence-corrected chi connectivity index (χ3v) is 11.3. The third-order valence-electron chi connectivity index (χ3n) is 9.44. The number of aryl methyl sites for hydroxylation is 1. The van der Waals surface area contributed by atoms with Crippen molar-refractivity contribution in [1.29, 1.82) is 0 Å². The normalized spacial score (nSPS) is 17.5. The van der Waals surface area contributed by atoms with E-state index in [-0.39, 0.29) is 30.3 Å². The van der Waals surface area contributed by atoms with Crippen LogP contribution in [0.1, 0.15) is 35.4 Å². The van der Waals surface area contributed by atoms with E-state index in [0.29, 0.717) is 106 Å². The van der Waals surface area contributed by atoms with Crippen LogP contribution in [0.25, 0.3) is 32.6 Å². The lowest BCUT2D eigenvalue weighted by Crippen LogP contribution is -2.35. The first-order valence-electron chi connectivity index (χ1n) is 17.0. The number of carbonyl (C=O) groups excluding carboxylic acids is 1. The minimum atomic E-state index is -3.09. The highest BCUT2D eigenvalue weighted by Crippen LogP contribution is 2.43. The van der Waals surface area contributed by atoms with E-state index >= 15 is 0 Å². The number of likely N-dealkylation sites (tertiary alicyclic amines) is 1. The number of carbonyl (C=O) groups is 2. The molecule has 2 atom stereocenters. The Morgan fingerprint density at radius 3 is 2.62 bits per heavy atom. The first kappa shape index (κ1) is 36.9. The van der Waals surface area contributed by atoms with Crippen molar-refractivity contribution in [1.82, 2.24) is 30.5 Å². The number of benzene rings is 2. The monoisotopic (exact) mass is 781 g/mol. The van der Waals surface area contributed by atoms with Gasteiger partial charge in [0.15, 0.2) is 5.82 Å². The molecular weight excluding hydrogens is 747 g/mol. The summed E-state index contributed by atoms with van der Waals surface area (Å²) < 4.78 is 33.0. The molecule has 0 unspecified atom stereocenters. The van der Waals surface area contributed by atoms with Crippen LogP contribution in [0.5, 0.6) is 5.88 Å². The molecule has 5 aromatic rings. The minimum Gasteiger partial charge on any atom is -0.481 e. The number of amides is 1. The number of hydrogen-bond acceptors (Lipinski definition) is 10. The summed E-state index contributed by atoms with van der Waals surface area (Å²) in [6.45, 7) is 1.15. The Bertz CT molecular complexity index is 2190. The lowest BCUT2D eigenvalue weighted by atomic mass is 9.99. The van der Waals surface area contributed by atoms with Gasteiger partial charge in [0.1, 0.15) is 10.5 Å². The molecule has 2 aliphatic heterocycles. The Kier molecular flexibility index (Phi) is 11.0. The number of carboxylic acid groups (broad SMARTS) is 1. The molecule has 7 rings (SSSR count). The van der Waals surface area contributed by atoms with E-state index in [1.807, 2.05) is 30.3 Å². The Hall–Kier alpha value is -4.47. The van der Waals surface area contributed by atoms with Crippen molar-refractivity contribution >= 4 is 68.1 Å². The molecule has 4 N–H and O–H groups in total. The maximum atomic E-state index is 13.6. The molecule has 2 fully saturated rings. The molecule has 2 saturated heterocycles. The topological polar surface area (TPSA) is 142 Å². The van der Waals surface area contributed by atoms with Crippen molar-refractivity contribution in [3.05, 3.63) is 80.9 Å². The fourth-order valence-corrected chi connectivity index (χ4v) is 8.34. The first-order chi connectivity index (χ1) is 25.5. The number of hydrogen-bond donors (Lipinski definition) is 4. The number of anilines is 2. The van der Waals surface area contributed by atoms with Gasteiger partial charge in [-0.15, -0.1) is 11.3 Å². The van der Waals surface area contributed by atoms with E-state index in [4.69, 9.17) is 32.9 Å². The zero-order valence-electron chi connectivity index (χ0n) is 28.5. The molecule has 0 radical (unpaired) electrons. The Labute approximate surface area is 317 Å². The SMILES string of the molecule is Cc1cc(-c2cccc(-c3cccc(Nc4nccc5sc(CN6CC[C@H](C(=O)O)C6)nc45)c3Cl)c2Cl)nc(OC(F)F)c1CNC[C@@H]1CCC(=O)N1. The van der Waals surface area contributed by atoms with Gasteiger partial charge in [0.2, 0.25) is 11.8 Å². The Morgan fingerprint density at radius 1 is 1.11 bits per heavy atom. The number of pyridine rings is 2. The zero-order valence-corrected chi connectivity index (χ0v) is 30.8. The van der Waals surface area contributed by atoms with Crippen molar-refractivity contribution < 1.29 is 28.2 Å². The van der Waals surface area contributed by atoms with Gasteiger partial charge in [-0.1, -0.05) is 53.5 Å². The van der Waals surface area contributed by atoms with Crippen LogP contribution in [0.2, 0.25) is 10.0 Å². The largest absolute Gasteiger partial charge is 0.481 e. The number of halogens is 4. The van der Waals surface area contributed by atoms with Crippen LogP contribution in [0, 0.1) is 12.8 Å². The van der Waals surface area contributed by atoms with Crippen LogP contribution in [0.4, 0.5) is 20.3 Å². The van der Waals surface area contributed by atoms with Crippen molar-refractivity contribution in [3.8, 4) is 28.3 Å². The molecule has 11 nitrogen and oxygen atoms in total. The summed E-state index contributed by atoms with van der Waals surface area (Å²) in [7, 11) is 0. The van der Waals surface area contributed by atoms with Gasteiger partial charge in [-0.05, 0) is 50.1 Å². The molecule has 0 saturated carbocycles. The van der Waals surface area contributed by atoms with Gasteiger partial charge in [0.05, 0.1) is 38.6 Å². The minimum absolute atomic E-state index is 0.00272. The fourth-order valence-electron chi connectivity index (χ4n) is 6.74. The highest BCUT2D eigenvalue weighted by molar-refractivity contribution is 7.18. The summed E-state index contributed by atoms with van der Waals surface area (Å²) in [6, 6.07) is 14.5. The van der Waals surface area contributed by atoms with Crippen LogP contribution >= 0.6 is 34.5 Å². The number of carboxylic acids is 1. The summed E-state index contributed by atoms with van der Waals surface area (Å²) in [5.74, 6) is -0.830. The molecule has 16 heteroatoms. The molecule has 3 aromatic heterocycles. The van der Waals surface area contributed by atoms with E-state index in [1.54, 1.807) is 31.3 Å². The van der Waals surface area contributed by atoms with E-state index in [0.717, 1.165) is 9.71 Å². The van der Waals surface area contributed by atoms with Gasteiger partial charge in [-0.2, -0.15) is 8.78 Å². The summed E-state index contributed by atoms with van der Waals surface area (Å²) in [4.78, 5) is 39.0. The van der Waals surface area contributed by atoms with Gasteiger partial charge < -0.3 is 25.8 Å². The van der Waals surface area contributed by atoms with Gasteiger partial charge in [-0.3, -0.25) is 14.5 Å². The number of alkyl halides is 2. The smallest absolute Gasteiger partial charge is 0.388 e. The molecule has 0 bridgehead atoms. The highest BCUT2D eigenvalue weighted by atomic mass is 35.5. The summed E-state index contributed by atoms with van der Waals surface area (Å²) in [5, 5.41) is 20.4. The summed E-state index contributed by atoms with van der Waals surface area (Å²) in [5.41, 5.74) is 4.48. The maximum Gasteiger partial charge on any atom is 0.388 e. The van der Waals surface area contributed by atoms with Crippen LogP contribution < -0.4 is 20.7 Å². The fraction of sp³-hybridized carbons (Fsp3) is 0.324. The molecule has 53 heavy (non-hydrogen) atoms. The molecule has 2 aromatic carbocycles. The van der Waals surface area contributed by atoms with Crippen molar-refractivity contribution in [2.45, 2.75) is 51.9 Å². The zero-order chi connectivity index (χ0) is 37.2. The van der Waals surface area contributed by atoms with Crippen LogP contribution in [0.3, 0.4) is 0 Å². The number of ether oxygens (including phenoxy) is 1. The van der Waals surface area contributed by atoms with E-state index in [9.17, 15) is 23.5 Å². The van der Waals surface area contributed by atoms with Gasteiger partial charge >= 0.3 is 12.6 Å². The highest BCUT2D eigenvalue weighted by Gasteiger charge is 2.29. The molecule has 0 aliphatic carbocycles. The van der Waals surface area contributed by atoms with Crippen molar-refractivity contribution in [2.75, 3.05) is 25.0 Å². The molecule has 0 spiro atoms. The maximum absolute atomic E-state index is 13.6. The van der Waals surface area contributed by atoms with Gasteiger partial charge in [0.25, 0.3) is 0 Å². The lowest BCUT2D eigenvalue weighted by molar-refractivity contribution is -0.141. The lowest BCUT2D eigenvalue weighted by Gasteiger charge is -2.18. The van der Waals surface area contributed by atoms with E-state index < -0.39 is 12.6 Å². The predicted octanol–water partition coefficient (Wildman–Crippen LogP) is 7.66. The Balaban J connectivity index is 1.14. The number of aliphatic carboxylic acids is 1. The molecule has 5 heterocycles. The predicted molar refractivity (Wildman–Crippen MR) is 201 cm³/mol. The number of fused-ring (bicyclic) bond motifs is 1. The average Bonchev–Trinajstić information content (AvgIpc) is 3.87. The average molecular weight is 783 g/mol. The number of aromatic nitrogens is 3. The van der Waals surface area contributed by atoms with E-state index in [2.05, 4.69) is 30.8 Å². The number of rotatable bonds is 13. The quantitative estimate of drug-likeness (QED) is 0.0941. The standard InChI is InChI=1S/C37H35Cl2F2N7O4S/c1-19-14-27(46-35(52-37(40)41)25(19)16-42-15-21-8-9-29(49)44-21)24-6-2-4-22(31(24)38)23-5-3-7-26(32(23)39)45-34-33-28(10-12-43-34)53-30(47-33)18-48-13-11-20(17-48)36(50)51/h2-7,10,12,14,20-21,37,42H,8-9,11,13,15-18H2,1H3,(H,43,45)(H,44,49)(H,50,51)/t20-,21-/m0/s1.